The fourth-order valence-corrected chi connectivity index (χ4v) is 3.25. The maximum Gasteiger partial charge on any atom is 0.264 e. The lowest BCUT2D eigenvalue weighted by molar-refractivity contribution is -0.141. The number of hydrogen-bond donors (Lipinski definition) is 0. The van der Waals surface area contributed by atoms with Gasteiger partial charge < -0.3 is 0 Å². The molecule has 3 rings (SSSR count). The fourth-order valence-electron chi connectivity index (χ4n) is 3.25. The van der Waals surface area contributed by atoms with Crippen molar-refractivity contribution in [1.82, 2.24) is 0 Å². The zero-order valence-electron chi connectivity index (χ0n) is 11.1. The van der Waals surface area contributed by atoms with Crippen LogP contribution in [0.5, 0.6) is 0 Å². The molecule has 2 saturated carbocycles. The predicted molar refractivity (Wildman–Crippen MR) is 74.8 cm³/mol. The third-order valence-electron chi connectivity index (χ3n) is 4.37. The van der Waals surface area contributed by atoms with Crippen LogP contribution in [0.1, 0.15) is 24.8 Å². The minimum atomic E-state index is -0.771. The van der Waals surface area contributed by atoms with E-state index in [9.17, 15) is 14.4 Å². The summed E-state index contributed by atoms with van der Waals surface area (Å²) in [6, 6.07) is 9.98. The van der Waals surface area contributed by atoms with Crippen molar-refractivity contribution < 1.29 is 14.4 Å². The second kappa shape index (κ2) is 5.16. The topological polar surface area (TPSA) is 51.2 Å². The zero-order chi connectivity index (χ0) is 14.1. The number of carbonyl (C=O) groups is 3. The largest absolute Gasteiger partial charge is 0.290 e. The fraction of sp³-hybridized carbons (Fsp3) is 0.353. The molecule has 0 aliphatic heterocycles. The zero-order valence-corrected chi connectivity index (χ0v) is 11.1. The van der Waals surface area contributed by atoms with Gasteiger partial charge in [-0.1, -0.05) is 42.5 Å². The van der Waals surface area contributed by atoms with Gasteiger partial charge in [-0.15, -0.1) is 0 Å². The summed E-state index contributed by atoms with van der Waals surface area (Å²) < 4.78 is 0. The number of rotatable bonds is 2. The van der Waals surface area contributed by atoms with Gasteiger partial charge in [0, 0.05) is 11.8 Å². The van der Waals surface area contributed by atoms with Crippen molar-refractivity contribution in [2.45, 2.75) is 19.3 Å². The van der Waals surface area contributed by atoms with E-state index >= 15 is 0 Å². The van der Waals surface area contributed by atoms with E-state index in [2.05, 4.69) is 6.08 Å². The Balaban J connectivity index is 1.70. The number of allylic oxidation sites excluding steroid dienone is 1. The number of ketones is 3. The predicted octanol–water partition coefficient (Wildman–Crippen LogP) is 2.45. The summed E-state index contributed by atoms with van der Waals surface area (Å²) in [5, 5.41) is 0. The van der Waals surface area contributed by atoms with E-state index < -0.39 is 17.3 Å². The molecule has 0 spiro atoms. The van der Waals surface area contributed by atoms with Crippen molar-refractivity contribution in [2.75, 3.05) is 0 Å². The summed E-state index contributed by atoms with van der Waals surface area (Å²) in [4.78, 5) is 34.9. The first-order chi connectivity index (χ1) is 9.66. The first-order valence-electron chi connectivity index (χ1n) is 7.02. The van der Waals surface area contributed by atoms with E-state index in [1.165, 1.54) is 0 Å². The van der Waals surface area contributed by atoms with Crippen LogP contribution in [-0.2, 0) is 14.4 Å². The summed E-state index contributed by atoms with van der Waals surface area (Å²) in [7, 11) is 0. The van der Waals surface area contributed by atoms with Crippen LogP contribution in [0.4, 0.5) is 0 Å². The highest BCUT2D eigenvalue weighted by Crippen LogP contribution is 2.40. The smallest absolute Gasteiger partial charge is 0.264 e. The molecular weight excluding hydrogens is 252 g/mol. The van der Waals surface area contributed by atoms with Gasteiger partial charge in [0.05, 0.1) is 0 Å². The highest BCUT2D eigenvalue weighted by atomic mass is 16.2. The van der Waals surface area contributed by atoms with E-state index in [4.69, 9.17) is 0 Å². The second-order valence-electron chi connectivity index (χ2n) is 5.61. The first-order valence-corrected chi connectivity index (χ1v) is 7.02. The van der Waals surface area contributed by atoms with Crippen molar-refractivity contribution in [3.63, 3.8) is 0 Å². The van der Waals surface area contributed by atoms with Crippen LogP contribution in [0.2, 0.25) is 0 Å². The standard InChI is InChI=1S/C17H16O3/c18-15-13-9-8-12(10-14(13)16(19)17(15)20)7-6-11-4-2-1-3-5-11/h1-7,12-14H,8-10H2. The van der Waals surface area contributed by atoms with Gasteiger partial charge in [0.25, 0.3) is 5.78 Å². The van der Waals surface area contributed by atoms with Crippen molar-refractivity contribution in [2.24, 2.45) is 17.8 Å². The highest BCUT2D eigenvalue weighted by molar-refractivity contribution is 6.68. The average Bonchev–Trinajstić information content (AvgIpc) is 2.71. The van der Waals surface area contributed by atoms with Crippen LogP contribution >= 0.6 is 0 Å². The normalized spacial score (nSPS) is 30.0. The van der Waals surface area contributed by atoms with Crippen LogP contribution in [0, 0.1) is 17.8 Å². The van der Waals surface area contributed by atoms with E-state index in [0.29, 0.717) is 12.8 Å². The van der Waals surface area contributed by atoms with Crippen LogP contribution in [0.15, 0.2) is 36.4 Å². The van der Waals surface area contributed by atoms with Crippen molar-refractivity contribution >= 4 is 23.4 Å². The van der Waals surface area contributed by atoms with E-state index in [-0.39, 0.29) is 17.8 Å². The quantitative estimate of drug-likeness (QED) is 0.774. The Hall–Kier alpha value is -2.03. The summed E-state index contributed by atoms with van der Waals surface area (Å²) in [5.41, 5.74) is 1.12. The molecule has 0 radical (unpaired) electrons. The highest BCUT2D eigenvalue weighted by Gasteiger charge is 2.50. The molecule has 102 valence electrons. The Morgan fingerprint density at radius 3 is 2.35 bits per heavy atom. The SMILES string of the molecule is O=C1C(=O)C2CCC(C=Cc3ccccc3)CC2C1=O. The number of Topliss-reactive ketones (excluding diaryl/α,β-unsaturated/α-hetero) is 3. The maximum atomic E-state index is 11.8. The third kappa shape index (κ3) is 2.24. The van der Waals surface area contributed by atoms with E-state index in [1.54, 1.807) is 0 Å². The summed E-state index contributed by atoms with van der Waals surface area (Å²) in [6.07, 6.45) is 6.31. The summed E-state index contributed by atoms with van der Waals surface area (Å²) in [5.74, 6) is -2.11. The van der Waals surface area contributed by atoms with E-state index in [1.807, 2.05) is 36.4 Å². The summed E-state index contributed by atoms with van der Waals surface area (Å²) in [6.45, 7) is 0. The Bertz CT molecular complexity index is 586. The molecule has 2 aliphatic carbocycles. The average molecular weight is 268 g/mol. The number of fused-ring (bicyclic) bond motifs is 1. The third-order valence-corrected chi connectivity index (χ3v) is 4.37. The van der Waals surface area contributed by atoms with Gasteiger partial charge in [-0.2, -0.15) is 0 Å². The minimum Gasteiger partial charge on any atom is -0.290 e. The molecule has 2 aliphatic rings. The van der Waals surface area contributed by atoms with E-state index in [0.717, 1.165) is 12.0 Å². The van der Waals surface area contributed by atoms with Crippen molar-refractivity contribution in [3.05, 3.63) is 42.0 Å². The van der Waals surface area contributed by atoms with Gasteiger partial charge in [-0.05, 0) is 30.7 Å². The van der Waals surface area contributed by atoms with Gasteiger partial charge in [0.2, 0.25) is 11.6 Å². The lowest BCUT2D eigenvalue weighted by Crippen LogP contribution is -2.26. The molecule has 20 heavy (non-hydrogen) atoms. The Labute approximate surface area is 117 Å². The number of carbonyl (C=O) groups excluding carboxylic acids is 3. The summed E-state index contributed by atoms with van der Waals surface area (Å²) >= 11 is 0. The minimum absolute atomic E-state index is 0.277. The van der Waals surface area contributed by atoms with Gasteiger partial charge in [0.15, 0.2) is 0 Å². The first kappa shape index (κ1) is 13.0. The number of hydrogen-bond acceptors (Lipinski definition) is 3. The molecule has 3 heteroatoms. The van der Waals surface area contributed by atoms with Gasteiger partial charge >= 0.3 is 0 Å². The molecule has 0 aromatic heterocycles. The molecule has 3 atom stereocenters. The molecule has 2 fully saturated rings. The molecule has 3 nitrogen and oxygen atoms in total. The lowest BCUT2D eigenvalue weighted by Gasteiger charge is -2.27. The van der Waals surface area contributed by atoms with Gasteiger partial charge in [0.1, 0.15) is 0 Å². The van der Waals surface area contributed by atoms with Crippen LogP contribution in [0.3, 0.4) is 0 Å². The molecule has 0 heterocycles. The molecular formula is C17H16O3. The lowest BCUT2D eigenvalue weighted by atomic mass is 9.75. The Morgan fingerprint density at radius 1 is 0.900 bits per heavy atom. The van der Waals surface area contributed by atoms with Crippen molar-refractivity contribution in [3.8, 4) is 0 Å². The van der Waals surface area contributed by atoms with Crippen molar-refractivity contribution in [1.29, 1.82) is 0 Å². The van der Waals surface area contributed by atoms with Crippen LogP contribution in [-0.4, -0.2) is 17.3 Å². The molecule has 0 bridgehead atoms. The van der Waals surface area contributed by atoms with Gasteiger partial charge in [-0.3, -0.25) is 14.4 Å². The van der Waals surface area contributed by atoms with Crippen LogP contribution in [0.25, 0.3) is 6.08 Å². The molecule has 0 amide bonds. The molecule has 0 N–H and O–H groups in total. The Morgan fingerprint density at radius 2 is 1.60 bits per heavy atom. The molecule has 3 unspecified atom stereocenters. The molecule has 0 saturated heterocycles. The Kier molecular flexibility index (Phi) is 3.35. The number of benzene rings is 1. The molecule has 1 aromatic carbocycles. The van der Waals surface area contributed by atoms with Crippen LogP contribution < -0.4 is 0 Å². The maximum absolute atomic E-state index is 11.8. The monoisotopic (exact) mass is 268 g/mol. The van der Waals surface area contributed by atoms with Gasteiger partial charge in [-0.25, -0.2) is 0 Å². The molecule has 1 aromatic rings. The second-order valence-corrected chi connectivity index (χ2v) is 5.61.